The highest BCUT2D eigenvalue weighted by Crippen LogP contribution is 2.31. The summed E-state index contributed by atoms with van der Waals surface area (Å²) in [5.74, 6) is 0.765. The van der Waals surface area contributed by atoms with Gasteiger partial charge in [0.1, 0.15) is 5.75 Å². The van der Waals surface area contributed by atoms with Crippen molar-refractivity contribution in [1.29, 1.82) is 0 Å². The van der Waals surface area contributed by atoms with Crippen molar-refractivity contribution in [2.45, 2.75) is 58.4 Å². The van der Waals surface area contributed by atoms with Crippen LogP contribution in [0.1, 0.15) is 67.9 Å². The Morgan fingerprint density at radius 3 is 2.53 bits per heavy atom. The van der Waals surface area contributed by atoms with E-state index >= 15 is 0 Å². The zero-order valence-electron chi connectivity index (χ0n) is 18.2. The molecule has 0 spiro atoms. The van der Waals surface area contributed by atoms with Crippen LogP contribution in [0.15, 0.2) is 47.5 Å². The lowest BCUT2D eigenvalue weighted by molar-refractivity contribution is -0.116. The Labute approximate surface area is 178 Å². The van der Waals surface area contributed by atoms with E-state index in [0.717, 1.165) is 36.3 Å². The number of amides is 1. The Morgan fingerprint density at radius 1 is 1.13 bits per heavy atom. The van der Waals surface area contributed by atoms with Gasteiger partial charge in [-0.2, -0.15) is 0 Å². The number of anilines is 1. The third-order valence-electron chi connectivity index (χ3n) is 5.26. The molecule has 2 aromatic carbocycles. The third-order valence-corrected chi connectivity index (χ3v) is 5.26. The van der Waals surface area contributed by atoms with Crippen molar-refractivity contribution < 1.29 is 14.3 Å². The molecular weight excluding hydrogens is 376 g/mol. The van der Waals surface area contributed by atoms with Crippen molar-refractivity contribution in [2.75, 3.05) is 12.4 Å². The van der Waals surface area contributed by atoms with E-state index in [4.69, 9.17) is 9.73 Å². The Morgan fingerprint density at radius 2 is 1.87 bits per heavy atom. The third kappa shape index (κ3) is 5.35. The number of methoxy groups -OCH3 is 1. The van der Waals surface area contributed by atoms with Gasteiger partial charge in [-0.1, -0.05) is 19.4 Å². The molecule has 0 aliphatic carbocycles. The number of hydrogen-bond donors (Lipinski definition) is 1. The maximum atomic E-state index is 13.0. The van der Waals surface area contributed by atoms with E-state index in [-0.39, 0.29) is 23.7 Å². The maximum absolute atomic E-state index is 13.0. The van der Waals surface area contributed by atoms with Gasteiger partial charge in [-0.15, -0.1) is 0 Å². The van der Waals surface area contributed by atoms with Gasteiger partial charge in [-0.05, 0) is 68.7 Å². The minimum Gasteiger partial charge on any atom is -0.497 e. The minimum absolute atomic E-state index is 0.000253. The molecule has 158 valence electrons. The van der Waals surface area contributed by atoms with Crippen LogP contribution in [0.25, 0.3) is 0 Å². The van der Waals surface area contributed by atoms with Crippen LogP contribution in [0.3, 0.4) is 0 Å². The molecule has 30 heavy (non-hydrogen) atoms. The van der Waals surface area contributed by atoms with E-state index in [1.807, 2.05) is 12.1 Å². The van der Waals surface area contributed by atoms with Crippen LogP contribution in [0, 0.1) is 0 Å². The van der Waals surface area contributed by atoms with Crippen molar-refractivity contribution >= 4 is 23.1 Å². The second-order valence-corrected chi connectivity index (χ2v) is 8.40. The molecule has 1 amide bonds. The van der Waals surface area contributed by atoms with Crippen LogP contribution in [-0.4, -0.2) is 30.1 Å². The summed E-state index contributed by atoms with van der Waals surface area (Å²) in [5.41, 5.74) is 4.03. The number of carbonyl (C=O) groups excluding carboxylic acids is 2. The number of unbranched alkanes of at least 4 members (excludes halogenated alkanes) is 1. The predicted molar refractivity (Wildman–Crippen MR) is 121 cm³/mol. The molecule has 2 aromatic rings. The predicted octanol–water partition coefficient (Wildman–Crippen LogP) is 5.22. The molecule has 0 atom stereocenters. The lowest BCUT2D eigenvalue weighted by Gasteiger charge is -2.29. The van der Waals surface area contributed by atoms with Crippen molar-refractivity contribution in [2.24, 2.45) is 4.99 Å². The molecular formula is C25H30N2O3. The molecule has 0 saturated heterocycles. The molecule has 1 heterocycles. The van der Waals surface area contributed by atoms with Gasteiger partial charge < -0.3 is 10.1 Å². The van der Waals surface area contributed by atoms with E-state index in [9.17, 15) is 9.59 Å². The molecule has 0 saturated carbocycles. The molecule has 1 aliphatic heterocycles. The van der Waals surface area contributed by atoms with Gasteiger partial charge in [-0.3, -0.25) is 14.6 Å². The zero-order chi connectivity index (χ0) is 21.7. The first-order valence-corrected chi connectivity index (χ1v) is 10.5. The highest BCUT2D eigenvalue weighted by atomic mass is 16.5. The molecule has 0 unspecified atom stereocenters. The van der Waals surface area contributed by atoms with E-state index in [1.165, 1.54) is 5.56 Å². The summed E-state index contributed by atoms with van der Waals surface area (Å²) >= 11 is 0. The van der Waals surface area contributed by atoms with E-state index < -0.39 is 0 Å². The van der Waals surface area contributed by atoms with E-state index in [1.54, 1.807) is 31.4 Å². The highest BCUT2D eigenvalue weighted by molar-refractivity contribution is 6.17. The van der Waals surface area contributed by atoms with Gasteiger partial charge in [0.2, 0.25) is 5.91 Å². The number of carbonyl (C=O) groups is 2. The average Bonchev–Trinajstić information content (AvgIpc) is 2.71. The number of ketones is 1. The normalized spacial score (nSPS) is 14.5. The smallest absolute Gasteiger partial charge is 0.224 e. The van der Waals surface area contributed by atoms with Crippen LogP contribution in [-0.2, 0) is 11.2 Å². The second-order valence-electron chi connectivity index (χ2n) is 8.40. The zero-order valence-corrected chi connectivity index (χ0v) is 18.2. The summed E-state index contributed by atoms with van der Waals surface area (Å²) in [6.45, 7) is 6.22. The number of ether oxygens (including phenoxy) is 1. The summed E-state index contributed by atoms with van der Waals surface area (Å²) in [5, 5.41) is 2.87. The van der Waals surface area contributed by atoms with Crippen LogP contribution in [0.2, 0.25) is 0 Å². The number of nitrogens with zero attached hydrogens (tertiary/aromatic N) is 1. The fourth-order valence-electron chi connectivity index (χ4n) is 3.73. The monoisotopic (exact) mass is 406 g/mol. The number of fused-ring (bicyclic) bond motifs is 1. The Balaban J connectivity index is 1.75. The molecule has 3 rings (SSSR count). The van der Waals surface area contributed by atoms with Crippen LogP contribution < -0.4 is 10.1 Å². The van der Waals surface area contributed by atoms with Gasteiger partial charge in [0.25, 0.3) is 0 Å². The summed E-state index contributed by atoms with van der Waals surface area (Å²) in [4.78, 5) is 29.7. The highest BCUT2D eigenvalue weighted by Gasteiger charge is 2.28. The summed E-state index contributed by atoms with van der Waals surface area (Å²) < 4.78 is 5.37. The van der Waals surface area contributed by atoms with Crippen molar-refractivity contribution in [3.8, 4) is 5.75 Å². The number of hydrogen-bond acceptors (Lipinski definition) is 4. The minimum atomic E-state index is -0.246. The molecule has 5 heteroatoms. The molecule has 0 radical (unpaired) electrons. The van der Waals surface area contributed by atoms with Crippen LogP contribution >= 0.6 is 0 Å². The van der Waals surface area contributed by atoms with Gasteiger partial charge in [0.05, 0.1) is 24.8 Å². The lowest BCUT2D eigenvalue weighted by atomic mass is 9.85. The van der Waals surface area contributed by atoms with Crippen molar-refractivity contribution in [1.82, 2.24) is 0 Å². The number of aliphatic imine (C=N–C) groups is 1. The van der Waals surface area contributed by atoms with Gasteiger partial charge >= 0.3 is 0 Å². The fourth-order valence-corrected chi connectivity index (χ4v) is 3.73. The van der Waals surface area contributed by atoms with Crippen LogP contribution in [0.5, 0.6) is 5.75 Å². The summed E-state index contributed by atoms with van der Waals surface area (Å²) in [7, 11) is 1.64. The number of benzene rings is 2. The Bertz CT molecular complexity index is 959. The number of nitrogens with one attached hydrogen (secondary N) is 1. The second kappa shape index (κ2) is 9.24. The van der Waals surface area contributed by atoms with E-state index in [0.29, 0.717) is 17.7 Å². The van der Waals surface area contributed by atoms with Gasteiger partial charge in [-0.25, -0.2) is 0 Å². The quantitative estimate of drug-likeness (QED) is 0.611. The molecule has 1 N–H and O–H groups in total. The number of Topliss-reactive ketones (excluding diaryl/α,β-unsaturated/α-hetero) is 1. The molecule has 5 nitrogen and oxygen atoms in total. The topological polar surface area (TPSA) is 67.8 Å². The Kier molecular flexibility index (Phi) is 6.70. The fraction of sp³-hybridized carbons (Fsp3) is 0.400. The summed E-state index contributed by atoms with van der Waals surface area (Å²) in [6, 6.07) is 13.1. The largest absolute Gasteiger partial charge is 0.497 e. The molecule has 0 aromatic heterocycles. The van der Waals surface area contributed by atoms with Gasteiger partial charge in [0, 0.05) is 23.2 Å². The first-order valence-electron chi connectivity index (χ1n) is 10.5. The van der Waals surface area contributed by atoms with Gasteiger partial charge in [0.15, 0.2) is 5.78 Å². The first kappa shape index (κ1) is 21.8. The molecule has 0 fully saturated rings. The first-order chi connectivity index (χ1) is 14.3. The number of rotatable bonds is 8. The van der Waals surface area contributed by atoms with Crippen LogP contribution in [0.4, 0.5) is 5.69 Å². The summed E-state index contributed by atoms with van der Waals surface area (Å²) in [6.07, 6.45) is 3.42. The van der Waals surface area contributed by atoms with Crippen molar-refractivity contribution in [3.63, 3.8) is 0 Å². The molecule has 0 bridgehead atoms. The maximum Gasteiger partial charge on any atom is 0.224 e. The average molecular weight is 407 g/mol. The van der Waals surface area contributed by atoms with Crippen molar-refractivity contribution in [3.05, 3.63) is 59.2 Å². The SMILES string of the molecule is CCCCC(=O)Nc1ccc(C(=O)CC2=NC(C)(C)Cc3ccc(OC)cc32)cc1. The molecule has 1 aliphatic rings. The lowest BCUT2D eigenvalue weighted by Crippen LogP contribution is -2.30. The standard InChI is InChI=1S/C25H30N2O3/c1-5-6-7-24(29)26-19-11-8-17(9-12-19)23(28)15-22-21-14-20(30-4)13-10-18(21)16-25(2,3)27-22/h8-14H,5-7,15-16H2,1-4H3,(H,26,29). The Hall–Kier alpha value is -2.95. The van der Waals surface area contributed by atoms with E-state index in [2.05, 4.69) is 32.2 Å².